The van der Waals surface area contributed by atoms with E-state index >= 15 is 0 Å². The van der Waals surface area contributed by atoms with E-state index in [4.69, 9.17) is 4.74 Å². The fourth-order valence-electron chi connectivity index (χ4n) is 3.47. The second kappa shape index (κ2) is 7.60. The maximum atomic E-state index is 12.6. The molecule has 152 valence electrons. The van der Waals surface area contributed by atoms with Crippen molar-refractivity contribution in [2.45, 2.75) is 31.7 Å². The first kappa shape index (κ1) is 19.6. The third-order valence-corrected chi connectivity index (χ3v) is 6.86. The van der Waals surface area contributed by atoms with Gasteiger partial charge in [-0.15, -0.1) is 22.7 Å². The number of carbonyl (C=O) groups excluding carboxylic acids is 4. The molecule has 2 fully saturated rings. The molecule has 4 amide bonds. The second-order valence-corrected chi connectivity index (χ2v) is 8.68. The molecule has 8 nitrogen and oxygen atoms in total. The number of rotatable bonds is 6. The van der Waals surface area contributed by atoms with Crippen molar-refractivity contribution in [3.8, 4) is 10.4 Å². The van der Waals surface area contributed by atoms with Crippen molar-refractivity contribution < 1.29 is 23.9 Å². The predicted octanol–water partition coefficient (Wildman–Crippen LogP) is 3.07. The van der Waals surface area contributed by atoms with E-state index in [1.165, 1.54) is 22.7 Å². The van der Waals surface area contributed by atoms with Gasteiger partial charge in [0, 0.05) is 15.8 Å². The molecule has 29 heavy (non-hydrogen) atoms. The number of esters is 1. The molecule has 1 saturated carbocycles. The molecule has 3 heterocycles. The van der Waals surface area contributed by atoms with E-state index in [1.54, 1.807) is 12.3 Å². The highest BCUT2D eigenvalue weighted by Crippen LogP contribution is 2.39. The lowest BCUT2D eigenvalue weighted by Crippen LogP contribution is -2.52. The summed E-state index contributed by atoms with van der Waals surface area (Å²) in [6.07, 6.45) is 2.06. The van der Waals surface area contributed by atoms with Crippen LogP contribution in [0.25, 0.3) is 10.4 Å². The summed E-state index contributed by atoms with van der Waals surface area (Å²) in [6.45, 7) is 1.51. The van der Waals surface area contributed by atoms with Crippen LogP contribution in [0.5, 0.6) is 0 Å². The fraction of sp³-hybridized carbons (Fsp3) is 0.368. The first-order chi connectivity index (χ1) is 13.9. The maximum absolute atomic E-state index is 12.6. The molecule has 4 rings (SSSR count). The summed E-state index contributed by atoms with van der Waals surface area (Å²) >= 11 is 2.68. The van der Waals surface area contributed by atoms with Crippen LogP contribution in [0.15, 0.2) is 22.9 Å². The van der Waals surface area contributed by atoms with Gasteiger partial charge >= 0.3 is 12.0 Å². The molecule has 2 N–H and O–H groups in total. The van der Waals surface area contributed by atoms with E-state index in [-0.39, 0.29) is 18.1 Å². The van der Waals surface area contributed by atoms with Gasteiger partial charge in [0.2, 0.25) is 5.91 Å². The zero-order chi connectivity index (χ0) is 20.6. The van der Waals surface area contributed by atoms with Crippen LogP contribution in [0.2, 0.25) is 0 Å². The number of anilines is 1. The van der Waals surface area contributed by atoms with Gasteiger partial charge in [0.1, 0.15) is 22.6 Å². The average Bonchev–Trinajstić information content (AvgIpc) is 3.36. The highest BCUT2D eigenvalue weighted by atomic mass is 32.1. The molecule has 1 aliphatic carbocycles. The molecule has 2 aliphatic rings. The second-order valence-electron chi connectivity index (χ2n) is 6.86. The number of hydrogen-bond acceptors (Lipinski definition) is 7. The van der Waals surface area contributed by atoms with E-state index in [2.05, 4.69) is 10.6 Å². The van der Waals surface area contributed by atoms with Crippen molar-refractivity contribution in [3.05, 3.63) is 28.5 Å². The molecule has 0 atom stereocenters. The lowest BCUT2D eigenvalue weighted by atomic mass is 9.77. The molecule has 0 unspecified atom stereocenters. The maximum Gasteiger partial charge on any atom is 0.341 e. The van der Waals surface area contributed by atoms with Crippen LogP contribution in [0.1, 0.15) is 36.5 Å². The first-order valence-electron chi connectivity index (χ1n) is 9.21. The lowest BCUT2D eigenvalue weighted by molar-refractivity contribution is -0.136. The van der Waals surface area contributed by atoms with E-state index < -0.39 is 30.0 Å². The molecule has 1 spiro atoms. The number of nitrogens with one attached hydrogen (secondary N) is 2. The summed E-state index contributed by atoms with van der Waals surface area (Å²) in [5.41, 5.74) is 0.130. The molecule has 0 radical (unpaired) electrons. The van der Waals surface area contributed by atoms with Crippen LogP contribution < -0.4 is 10.6 Å². The molecule has 0 bridgehead atoms. The molecule has 10 heteroatoms. The quantitative estimate of drug-likeness (QED) is 0.538. The van der Waals surface area contributed by atoms with Gasteiger partial charge in [0.25, 0.3) is 5.91 Å². The van der Waals surface area contributed by atoms with Gasteiger partial charge in [0.15, 0.2) is 0 Å². The molecule has 1 saturated heterocycles. The third kappa shape index (κ3) is 3.42. The Hall–Kier alpha value is -2.72. The van der Waals surface area contributed by atoms with Crippen LogP contribution >= 0.6 is 22.7 Å². The standard InChI is InChI=1S/C19H19N3O5S2/c1-2-27-16(24)14-11(12-5-3-8-28-12)10-29-15(14)20-13(23)9-22-17(25)19(6-4-7-19)21-18(22)26/h3,5,8,10H,2,4,6-7,9H2,1H3,(H,20,23)(H,21,26). The minimum atomic E-state index is -0.831. The SMILES string of the molecule is CCOC(=O)c1c(-c2cccs2)csc1NC(=O)CN1C(=O)NC2(CCC2)C1=O. The zero-order valence-corrected chi connectivity index (χ0v) is 17.3. The van der Waals surface area contributed by atoms with Crippen molar-refractivity contribution in [1.29, 1.82) is 0 Å². The van der Waals surface area contributed by atoms with E-state index in [9.17, 15) is 19.2 Å². The summed E-state index contributed by atoms with van der Waals surface area (Å²) in [6, 6.07) is 3.20. The number of imide groups is 1. The Morgan fingerprint density at radius 2 is 2.10 bits per heavy atom. The third-order valence-electron chi connectivity index (χ3n) is 5.06. The molecule has 2 aromatic rings. The monoisotopic (exact) mass is 433 g/mol. The zero-order valence-electron chi connectivity index (χ0n) is 15.6. The molecular formula is C19H19N3O5S2. The number of nitrogens with zero attached hydrogens (tertiary/aromatic N) is 1. The molecular weight excluding hydrogens is 414 g/mol. The molecule has 2 aromatic heterocycles. The highest BCUT2D eigenvalue weighted by Gasteiger charge is 2.54. The highest BCUT2D eigenvalue weighted by molar-refractivity contribution is 7.17. The van der Waals surface area contributed by atoms with Crippen molar-refractivity contribution in [2.75, 3.05) is 18.5 Å². The Morgan fingerprint density at radius 3 is 2.69 bits per heavy atom. The van der Waals surface area contributed by atoms with Crippen LogP contribution in [0.4, 0.5) is 9.80 Å². The Morgan fingerprint density at radius 1 is 1.31 bits per heavy atom. The van der Waals surface area contributed by atoms with Crippen LogP contribution in [-0.2, 0) is 14.3 Å². The van der Waals surface area contributed by atoms with Crippen LogP contribution in [-0.4, -0.2) is 47.4 Å². The van der Waals surface area contributed by atoms with Crippen LogP contribution in [0, 0.1) is 0 Å². The van der Waals surface area contributed by atoms with Gasteiger partial charge in [-0.2, -0.15) is 0 Å². The smallest absolute Gasteiger partial charge is 0.341 e. The summed E-state index contributed by atoms with van der Waals surface area (Å²) in [5, 5.41) is 9.38. The fourth-order valence-corrected chi connectivity index (χ4v) is 5.26. The van der Waals surface area contributed by atoms with E-state index in [1.807, 2.05) is 17.5 Å². The number of thiophene rings is 2. The van der Waals surface area contributed by atoms with Gasteiger partial charge < -0.3 is 15.4 Å². The van der Waals surface area contributed by atoms with Gasteiger partial charge in [-0.05, 0) is 37.6 Å². The summed E-state index contributed by atoms with van der Waals surface area (Å²) in [7, 11) is 0. The number of ether oxygens (including phenoxy) is 1. The lowest BCUT2D eigenvalue weighted by Gasteiger charge is -2.34. The predicted molar refractivity (Wildman–Crippen MR) is 109 cm³/mol. The number of amides is 4. The molecule has 1 aliphatic heterocycles. The summed E-state index contributed by atoms with van der Waals surface area (Å²) < 4.78 is 5.16. The minimum Gasteiger partial charge on any atom is -0.462 e. The van der Waals surface area contributed by atoms with E-state index in [0.717, 1.165) is 16.2 Å². The normalized spacial score (nSPS) is 17.2. The van der Waals surface area contributed by atoms with E-state index in [0.29, 0.717) is 23.4 Å². The Bertz CT molecular complexity index is 978. The largest absolute Gasteiger partial charge is 0.462 e. The Labute approximate surface area is 174 Å². The van der Waals surface area contributed by atoms with Crippen molar-refractivity contribution >= 4 is 51.5 Å². The van der Waals surface area contributed by atoms with Crippen molar-refractivity contribution in [2.24, 2.45) is 0 Å². The number of hydrogen-bond donors (Lipinski definition) is 2. The van der Waals surface area contributed by atoms with Gasteiger partial charge in [-0.3, -0.25) is 14.5 Å². The number of urea groups is 1. The summed E-state index contributed by atoms with van der Waals surface area (Å²) in [4.78, 5) is 51.6. The van der Waals surface area contributed by atoms with Gasteiger partial charge in [-0.25, -0.2) is 9.59 Å². The van der Waals surface area contributed by atoms with Crippen LogP contribution in [0.3, 0.4) is 0 Å². The van der Waals surface area contributed by atoms with Gasteiger partial charge in [0.05, 0.1) is 6.61 Å². The topological polar surface area (TPSA) is 105 Å². The van der Waals surface area contributed by atoms with Crippen molar-refractivity contribution in [3.63, 3.8) is 0 Å². The van der Waals surface area contributed by atoms with Crippen molar-refractivity contribution in [1.82, 2.24) is 10.2 Å². The average molecular weight is 434 g/mol. The first-order valence-corrected chi connectivity index (χ1v) is 11.0. The molecule has 0 aromatic carbocycles. The number of carbonyl (C=O) groups is 4. The summed E-state index contributed by atoms with van der Waals surface area (Å²) in [5.74, 6) is -1.44. The minimum absolute atomic E-state index is 0.205. The Balaban J connectivity index is 1.53. The van der Waals surface area contributed by atoms with Gasteiger partial charge in [-0.1, -0.05) is 6.07 Å². The Kier molecular flexibility index (Phi) is 5.13.